The highest BCUT2D eigenvalue weighted by Crippen LogP contribution is 2.21. The van der Waals surface area contributed by atoms with E-state index >= 15 is 0 Å². The van der Waals surface area contributed by atoms with Crippen LogP contribution in [0, 0.1) is 5.82 Å². The van der Waals surface area contributed by atoms with Crippen molar-refractivity contribution in [1.82, 2.24) is 4.98 Å². The molecule has 1 aromatic carbocycles. The Labute approximate surface area is 125 Å². The molecule has 0 atom stereocenters. The number of nitrogens with zero attached hydrogens (tertiary/aromatic N) is 1. The van der Waals surface area contributed by atoms with E-state index in [1.54, 1.807) is 0 Å². The van der Waals surface area contributed by atoms with Crippen molar-refractivity contribution in [1.29, 1.82) is 0 Å². The van der Waals surface area contributed by atoms with Gasteiger partial charge in [-0.2, -0.15) is 0 Å². The number of hydrogen-bond donors (Lipinski definition) is 2. The van der Waals surface area contributed by atoms with Crippen molar-refractivity contribution in [2.75, 3.05) is 10.6 Å². The van der Waals surface area contributed by atoms with Gasteiger partial charge in [0.05, 0.1) is 16.3 Å². The van der Waals surface area contributed by atoms with Crippen molar-refractivity contribution in [2.24, 2.45) is 0 Å². The van der Waals surface area contributed by atoms with Gasteiger partial charge in [0.1, 0.15) is 5.82 Å². The van der Waals surface area contributed by atoms with Gasteiger partial charge in [0.2, 0.25) is 5.91 Å². The van der Waals surface area contributed by atoms with Gasteiger partial charge >= 0.3 is 0 Å². The van der Waals surface area contributed by atoms with Crippen molar-refractivity contribution in [3.8, 4) is 0 Å². The van der Waals surface area contributed by atoms with Crippen molar-refractivity contribution in [3.05, 3.63) is 53.1 Å². The average molecular weight is 308 g/mol. The molecule has 108 valence electrons. The van der Waals surface area contributed by atoms with E-state index in [9.17, 15) is 14.0 Å². The van der Waals surface area contributed by atoms with Gasteiger partial charge in [0, 0.05) is 25.0 Å². The normalized spacial score (nSPS) is 10.0. The maximum absolute atomic E-state index is 13.5. The molecule has 0 saturated carbocycles. The number of pyridine rings is 1. The lowest BCUT2D eigenvalue weighted by Crippen LogP contribution is -2.13. The van der Waals surface area contributed by atoms with Crippen molar-refractivity contribution in [2.45, 2.75) is 6.92 Å². The predicted octanol–water partition coefficient (Wildman–Crippen LogP) is 3.08. The number of carbonyl (C=O) groups is 2. The number of aromatic nitrogens is 1. The fraction of sp³-hybridized carbons (Fsp3) is 0.0714. The molecule has 1 heterocycles. The Bertz CT molecular complexity index is 706. The van der Waals surface area contributed by atoms with Gasteiger partial charge < -0.3 is 10.6 Å². The summed E-state index contributed by atoms with van der Waals surface area (Å²) in [5.41, 5.74) is 0.566. The highest BCUT2D eigenvalue weighted by molar-refractivity contribution is 6.34. The molecule has 0 aliphatic rings. The van der Waals surface area contributed by atoms with Crippen LogP contribution in [-0.4, -0.2) is 16.8 Å². The molecule has 0 bridgehead atoms. The molecule has 5 nitrogen and oxygen atoms in total. The maximum Gasteiger partial charge on any atom is 0.257 e. The van der Waals surface area contributed by atoms with Crippen LogP contribution in [0.25, 0.3) is 0 Å². The zero-order valence-electron chi connectivity index (χ0n) is 11.0. The molecular weight excluding hydrogens is 297 g/mol. The number of nitrogens with one attached hydrogen (secondary N) is 2. The van der Waals surface area contributed by atoms with Crippen molar-refractivity contribution in [3.63, 3.8) is 0 Å². The molecule has 2 rings (SSSR count). The standard InChI is InChI=1S/C14H11ClFN3O2/c1-8(20)18-13-6-9(2-3-12(13)16)19-14(21)10-4-5-17-7-11(10)15/h2-7H,1H3,(H,18,20)(H,19,21). The monoisotopic (exact) mass is 307 g/mol. The fourth-order valence-corrected chi connectivity index (χ4v) is 1.85. The molecule has 0 fully saturated rings. The van der Waals surface area contributed by atoms with Crippen molar-refractivity contribution >= 4 is 34.8 Å². The summed E-state index contributed by atoms with van der Waals surface area (Å²) in [6, 6.07) is 5.32. The number of benzene rings is 1. The van der Waals surface area contributed by atoms with Gasteiger partial charge in [0.25, 0.3) is 5.91 Å². The lowest BCUT2D eigenvalue weighted by atomic mass is 10.2. The Balaban J connectivity index is 2.22. The molecule has 1 aromatic heterocycles. The first-order chi connectivity index (χ1) is 9.97. The first-order valence-electron chi connectivity index (χ1n) is 5.95. The minimum absolute atomic E-state index is 0.0128. The lowest BCUT2D eigenvalue weighted by molar-refractivity contribution is -0.114. The summed E-state index contributed by atoms with van der Waals surface area (Å²) in [5, 5.41) is 5.11. The van der Waals surface area contributed by atoms with Gasteiger partial charge in [-0.25, -0.2) is 4.39 Å². The summed E-state index contributed by atoms with van der Waals surface area (Å²) in [4.78, 5) is 26.8. The number of halogens is 2. The SMILES string of the molecule is CC(=O)Nc1cc(NC(=O)c2ccncc2Cl)ccc1F. The molecule has 0 spiro atoms. The molecule has 2 aromatic rings. The van der Waals surface area contributed by atoms with Crippen LogP contribution in [0.5, 0.6) is 0 Å². The first-order valence-corrected chi connectivity index (χ1v) is 6.33. The number of hydrogen-bond acceptors (Lipinski definition) is 3. The van der Waals surface area contributed by atoms with E-state index in [2.05, 4.69) is 15.6 Å². The molecular formula is C14H11ClFN3O2. The number of rotatable bonds is 3. The summed E-state index contributed by atoms with van der Waals surface area (Å²) < 4.78 is 13.5. The molecule has 2 amide bonds. The minimum atomic E-state index is -0.592. The van der Waals surface area contributed by atoms with Gasteiger partial charge in [-0.15, -0.1) is 0 Å². The molecule has 0 aliphatic heterocycles. The van der Waals surface area contributed by atoms with E-state index in [-0.39, 0.29) is 16.3 Å². The summed E-state index contributed by atoms with van der Waals surface area (Å²) in [6.45, 7) is 1.27. The minimum Gasteiger partial charge on any atom is -0.324 e. The van der Waals surface area contributed by atoms with Crippen LogP contribution < -0.4 is 10.6 Å². The zero-order valence-corrected chi connectivity index (χ0v) is 11.7. The lowest BCUT2D eigenvalue weighted by Gasteiger charge is -2.09. The largest absolute Gasteiger partial charge is 0.324 e. The van der Waals surface area contributed by atoms with Crippen LogP contribution in [-0.2, 0) is 4.79 Å². The van der Waals surface area contributed by atoms with E-state index < -0.39 is 17.6 Å². The number of anilines is 2. The van der Waals surface area contributed by atoms with E-state index in [0.717, 1.165) is 6.07 Å². The molecule has 0 saturated heterocycles. The van der Waals surface area contributed by atoms with Gasteiger partial charge in [-0.05, 0) is 24.3 Å². The van der Waals surface area contributed by atoms with Gasteiger partial charge in [-0.3, -0.25) is 14.6 Å². The first kappa shape index (κ1) is 14.9. The molecule has 0 radical (unpaired) electrons. The van der Waals surface area contributed by atoms with Crippen LogP contribution in [0.2, 0.25) is 5.02 Å². The third-order valence-electron chi connectivity index (χ3n) is 2.55. The van der Waals surface area contributed by atoms with Gasteiger partial charge in [-0.1, -0.05) is 11.6 Å². The summed E-state index contributed by atoms with van der Waals surface area (Å²) in [6.07, 6.45) is 2.79. The van der Waals surface area contributed by atoms with E-state index in [0.29, 0.717) is 5.69 Å². The second-order valence-corrected chi connectivity index (χ2v) is 4.59. The van der Waals surface area contributed by atoms with E-state index in [1.807, 2.05) is 0 Å². The van der Waals surface area contributed by atoms with Crippen LogP contribution in [0.4, 0.5) is 15.8 Å². The topological polar surface area (TPSA) is 71.1 Å². The van der Waals surface area contributed by atoms with Gasteiger partial charge in [0.15, 0.2) is 0 Å². The third-order valence-corrected chi connectivity index (χ3v) is 2.85. The third kappa shape index (κ3) is 3.76. The molecule has 0 aliphatic carbocycles. The Morgan fingerprint density at radius 1 is 1.24 bits per heavy atom. The average Bonchev–Trinajstić information content (AvgIpc) is 2.42. The maximum atomic E-state index is 13.5. The molecule has 2 N–H and O–H groups in total. The highest BCUT2D eigenvalue weighted by Gasteiger charge is 2.12. The van der Waals surface area contributed by atoms with Crippen molar-refractivity contribution < 1.29 is 14.0 Å². The molecule has 0 unspecified atom stereocenters. The smallest absolute Gasteiger partial charge is 0.257 e. The van der Waals surface area contributed by atoms with E-state index in [1.165, 1.54) is 37.5 Å². The Hall–Kier alpha value is -2.47. The zero-order chi connectivity index (χ0) is 15.4. The summed E-state index contributed by atoms with van der Waals surface area (Å²) >= 11 is 5.87. The quantitative estimate of drug-likeness (QED) is 0.915. The summed E-state index contributed by atoms with van der Waals surface area (Å²) in [5.74, 6) is -1.46. The van der Waals surface area contributed by atoms with E-state index in [4.69, 9.17) is 11.6 Å². The van der Waals surface area contributed by atoms with Crippen LogP contribution in [0.3, 0.4) is 0 Å². The van der Waals surface area contributed by atoms with Crippen LogP contribution in [0.1, 0.15) is 17.3 Å². The number of carbonyl (C=O) groups excluding carboxylic acids is 2. The van der Waals surface area contributed by atoms with Crippen LogP contribution in [0.15, 0.2) is 36.7 Å². The second-order valence-electron chi connectivity index (χ2n) is 4.19. The fourth-order valence-electron chi connectivity index (χ4n) is 1.65. The predicted molar refractivity (Wildman–Crippen MR) is 77.9 cm³/mol. The highest BCUT2D eigenvalue weighted by atomic mass is 35.5. The second kappa shape index (κ2) is 6.32. The van der Waals surface area contributed by atoms with Crippen LogP contribution >= 0.6 is 11.6 Å². The Morgan fingerprint density at radius 3 is 2.67 bits per heavy atom. The summed E-state index contributed by atoms with van der Waals surface area (Å²) in [7, 11) is 0. The molecule has 21 heavy (non-hydrogen) atoms. The number of amides is 2. The Kier molecular flexibility index (Phi) is 4.49. The molecule has 7 heteroatoms. The Morgan fingerprint density at radius 2 is 2.00 bits per heavy atom.